The molecule has 1 aliphatic carbocycles. The third-order valence-electron chi connectivity index (χ3n) is 6.68. The molecule has 2 N–H and O–H groups in total. The number of nitriles is 1. The van der Waals surface area contributed by atoms with E-state index in [0.717, 1.165) is 30.5 Å². The molecule has 10 nitrogen and oxygen atoms in total. The van der Waals surface area contributed by atoms with Crippen molar-refractivity contribution in [2.75, 3.05) is 11.1 Å². The summed E-state index contributed by atoms with van der Waals surface area (Å²) in [6.45, 7) is 1.23. The van der Waals surface area contributed by atoms with E-state index in [-0.39, 0.29) is 40.0 Å². The second-order valence-electron chi connectivity index (χ2n) is 9.11. The second-order valence-corrected chi connectivity index (χ2v) is 11.3. The standard InChI is InChI=1S/C25H22F2N4O6S/c1-3-38(34,35)22-20(29-12-15-10-18-19(11-17(15)23(32)33)37-25(26,27)36-18)30-21(31(22)2)14-4-6-16(7-5-14)24(13-28)8-9-24/h4-7,10-11,29H,3,8-9,12H2,1-2H3,(H,32,33). The molecule has 0 radical (unpaired) electrons. The van der Waals surface area contributed by atoms with Crippen LogP contribution in [0.1, 0.15) is 41.3 Å². The predicted molar refractivity (Wildman–Crippen MR) is 130 cm³/mol. The van der Waals surface area contributed by atoms with Crippen LogP contribution in [-0.2, 0) is 28.8 Å². The number of rotatable bonds is 8. The van der Waals surface area contributed by atoms with E-state index in [2.05, 4.69) is 25.8 Å². The SMILES string of the molecule is CCS(=O)(=O)c1c(NCc2cc3c(cc2C(=O)O)OC(F)(F)O3)nc(-c2ccc(C3(C#N)CC3)cc2)n1C. The summed E-state index contributed by atoms with van der Waals surface area (Å²) in [5.41, 5.74) is 0.755. The predicted octanol–water partition coefficient (Wildman–Crippen LogP) is 4.07. The van der Waals surface area contributed by atoms with E-state index in [0.29, 0.717) is 11.4 Å². The molecule has 38 heavy (non-hydrogen) atoms. The maximum absolute atomic E-state index is 13.5. The fourth-order valence-corrected chi connectivity index (χ4v) is 5.63. The van der Waals surface area contributed by atoms with E-state index < -0.39 is 33.3 Å². The molecule has 0 spiro atoms. The molecule has 1 saturated carbocycles. The van der Waals surface area contributed by atoms with Crippen LogP contribution in [0.4, 0.5) is 14.6 Å². The molecule has 1 aromatic heterocycles. The molecule has 1 aliphatic heterocycles. The molecule has 13 heteroatoms. The van der Waals surface area contributed by atoms with Crippen molar-refractivity contribution in [3.8, 4) is 29.0 Å². The summed E-state index contributed by atoms with van der Waals surface area (Å²) in [5.74, 6) is -2.06. The molecular formula is C25H22F2N4O6S. The van der Waals surface area contributed by atoms with Gasteiger partial charge in [0.1, 0.15) is 5.82 Å². The molecule has 0 amide bonds. The third kappa shape index (κ3) is 4.30. The highest BCUT2D eigenvalue weighted by Gasteiger charge is 2.45. The number of nitrogens with zero attached hydrogens (tertiary/aromatic N) is 3. The summed E-state index contributed by atoms with van der Waals surface area (Å²) < 4.78 is 63.1. The molecule has 1 fully saturated rings. The van der Waals surface area contributed by atoms with Gasteiger partial charge in [0, 0.05) is 19.2 Å². The molecule has 198 valence electrons. The Morgan fingerprint density at radius 1 is 1.21 bits per heavy atom. The zero-order chi connectivity index (χ0) is 27.5. The van der Waals surface area contributed by atoms with Crippen molar-refractivity contribution >= 4 is 21.6 Å². The molecule has 3 aromatic rings. The number of halogens is 2. The quantitative estimate of drug-likeness (QED) is 0.429. The Hall–Kier alpha value is -4.18. The summed E-state index contributed by atoms with van der Waals surface area (Å²) in [6, 6.07) is 11.5. The van der Waals surface area contributed by atoms with Crippen LogP contribution < -0.4 is 14.8 Å². The van der Waals surface area contributed by atoms with E-state index in [1.807, 2.05) is 12.1 Å². The normalized spacial score (nSPS) is 16.6. The number of nitrogens with one attached hydrogen (secondary N) is 1. The van der Waals surface area contributed by atoms with Gasteiger partial charge in [0.05, 0.1) is 22.8 Å². The molecule has 2 aliphatic rings. The van der Waals surface area contributed by atoms with Gasteiger partial charge in [-0.15, -0.1) is 8.78 Å². The number of carboxylic acid groups (broad SMARTS) is 1. The third-order valence-corrected chi connectivity index (χ3v) is 8.50. The largest absolute Gasteiger partial charge is 0.586 e. The van der Waals surface area contributed by atoms with Gasteiger partial charge in [-0.05, 0) is 36.1 Å². The summed E-state index contributed by atoms with van der Waals surface area (Å²) in [4.78, 5) is 16.3. The second kappa shape index (κ2) is 8.70. The lowest BCUT2D eigenvalue weighted by atomic mass is 9.96. The highest BCUT2D eigenvalue weighted by Crippen LogP contribution is 2.48. The minimum atomic E-state index is -3.93. The molecule has 2 aromatic carbocycles. The van der Waals surface area contributed by atoms with Crippen LogP contribution in [0.2, 0.25) is 0 Å². The van der Waals surface area contributed by atoms with Crippen molar-refractivity contribution < 1.29 is 36.6 Å². The summed E-state index contributed by atoms with van der Waals surface area (Å²) in [6.07, 6.45) is -2.35. The Labute approximate surface area is 216 Å². The molecular weight excluding hydrogens is 522 g/mol. The Balaban J connectivity index is 1.51. The lowest BCUT2D eigenvalue weighted by molar-refractivity contribution is -0.286. The summed E-state index contributed by atoms with van der Waals surface area (Å²) in [7, 11) is -2.24. The van der Waals surface area contributed by atoms with E-state index in [1.165, 1.54) is 11.5 Å². The molecule has 0 atom stereocenters. The van der Waals surface area contributed by atoms with Crippen LogP contribution in [0.25, 0.3) is 11.4 Å². The fraction of sp³-hybridized carbons (Fsp3) is 0.320. The first-order valence-corrected chi connectivity index (χ1v) is 13.3. The first-order valence-electron chi connectivity index (χ1n) is 11.6. The number of imidazole rings is 1. The van der Waals surface area contributed by atoms with Crippen LogP contribution in [0.3, 0.4) is 0 Å². The van der Waals surface area contributed by atoms with Gasteiger partial charge < -0.3 is 24.5 Å². The van der Waals surface area contributed by atoms with Gasteiger partial charge in [-0.2, -0.15) is 5.26 Å². The van der Waals surface area contributed by atoms with E-state index in [4.69, 9.17) is 0 Å². The Morgan fingerprint density at radius 3 is 2.39 bits per heavy atom. The van der Waals surface area contributed by atoms with Gasteiger partial charge >= 0.3 is 12.3 Å². The van der Waals surface area contributed by atoms with Crippen molar-refractivity contribution in [1.82, 2.24) is 9.55 Å². The Kier molecular flexibility index (Phi) is 5.83. The monoisotopic (exact) mass is 544 g/mol. The maximum Gasteiger partial charge on any atom is 0.586 e. The highest BCUT2D eigenvalue weighted by molar-refractivity contribution is 7.91. The number of hydrogen-bond donors (Lipinski definition) is 2. The lowest BCUT2D eigenvalue weighted by Gasteiger charge is -2.11. The van der Waals surface area contributed by atoms with Crippen LogP contribution >= 0.6 is 0 Å². The number of aromatic carboxylic acids is 1. The zero-order valence-corrected chi connectivity index (χ0v) is 21.1. The number of carbonyl (C=O) groups is 1. The summed E-state index contributed by atoms with van der Waals surface area (Å²) >= 11 is 0. The number of benzene rings is 2. The van der Waals surface area contributed by atoms with Crippen LogP contribution in [0.15, 0.2) is 41.4 Å². The van der Waals surface area contributed by atoms with Gasteiger partial charge in [-0.3, -0.25) is 0 Å². The maximum atomic E-state index is 13.5. The summed E-state index contributed by atoms with van der Waals surface area (Å²) in [5, 5.41) is 21.8. The molecule has 0 unspecified atom stereocenters. The van der Waals surface area contributed by atoms with Crippen molar-refractivity contribution in [3.05, 3.63) is 53.1 Å². The van der Waals surface area contributed by atoms with E-state index in [9.17, 15) is 32.4 Å². The first-order chi connectivity index (χ1) is 17.9. The number of sulfone groups is 1. The number of fused-ring (bicyclic) bond motifs is 1. The highest BCUT2D eigenvalue weighted by atomic mass is 32.2. The smallest absolute Gasteiger partial charge is 0.478 e. The molecule has 2 heterocycles. The number of anilines is 1. The lowest BCUT2D eigenvalue weighted by Crippen LogP contribution is -2.25. The Morgan fingerprint density at radius 2 is 1.84 bits per heavy atom. The van der Waals surface area contributed by atoms with Crippen molar-refractivity contribution in [2.24, 2.45) is 7.05 Å². The number of alkyl halides is 2. The van der Waals surface area contributed by atoms with Gasteiger partial charge in [0.25, 0.3) is 0 Å². The minimum Gasteiger partial charge on any atom is -0.478 e. The van der Waals surface area contributed by atoms with Crippen LogP contribution in [0.5, 0.6) is 11.5 Å². The molecule has 0 saturated heterocycles. The van der Waals surface area contributed by atoms with Gasteiger partial charge in [0.2, 0.25) is 0 Å². The van der Waals surface area contributed by atoms with Gasteiger partial charge in [-0.25, -0.2) is 18.2 Å². The van der Waals surface area contributed by atoms with E-state index >= 15 is 0 Å². The van der Waals surface area contributed by atoms with Crippen LogP contribution in [-0.4, -0.2) is 41.1 Å². The van der Waals surface area contributed by atoms with Gasteiger partial charge in [-0.1, -0.05) is 31.2 Å². The zero-order valence-electron chi connectivity index (χ0n) is 20.3. The van der Waals surface area contributed by atoms with Gasteiger partial charge in [0.15, 0.2) is 32.2 Å². The molecule has 0 bridgehead atoms. The van der Waals surface area contributed by atoms with E-state index in [1.54, 1.807) is 19.2 Å². The Bertz CT molecular complexity index is 1610. The number of hydrogen-bond acceptors (Lipinski definition) is 8. The number of ether oxygens (including phenoxy) is 2. The van der Waals surface area contributed by atoms with Crippen molar-refractivity contribution in [2.45, 2.75) is 43.0 Å². The number of aromatic nitrogens is 2. The molecule has 5 rings (SSSR count). The van der Waals surface area contributed by atoms with Crippen molar-refractivity contribution in [3.63, 3.8) is 0 Å². The first kappa shape index (κ1) is 25.5. The topological polar surface area (TPSA) is 144 Å². The van der Waals surface area contributed by atoms with Crippen LogP contribution in [0, 0.1) is 11.3 Å². The average molecular weight is 545 g/mol. The minimum absolute atomic E-state index is 0.0246. The van der Waals surface area contributed by atoms with Crippen molar-refractivity contribution in [1.29, 1.82) is 5.26 Å². The average Bonchev–Trinajstić information content (AvgIpc) is 3.51. The number of carboxylic acids is 1. The fourth-order valence-electron chi connectivity index (χ4n) is 4.44.